The van der Waals surface area contributed by atoms with Gasteiger partial charge >= 0.3 is 17.9 Å². The molecule has 0 saturated heterocycles. The van der Waals surface area contributed by atoms with Crippen LogP contribution >= 0.6 is 0 Å². The molecular formula is C22H32N2O8. The predicted octanol–water partition coefficient (Wildman–Crippen LogP) is 1.51. The molecule has 0 aliphatic heterocycles. The second-order valence-corrected chi connectivity index (χ2v) is 7.60. The third-order valence-electron chi connectivity index (χ3n) is 5.02. The van der Waals surface area contributed by atoms with Crippen LogP contribution in [0.2, 0.25) is 0 Å². The van der Waals surface area contributed by atoms with E-state index in [-0.39, 0.29) is 17.4 Å². The number of amides is 1. The zero-order valence-corrected chi connectivity index (χ0v) is 18.7. The minimum atomic E-state index is -2.82. The molecule has 1 aromatic rings. The summed E-state index contributed by atoms with van der Waals surface area (Å²) in [7, 11) is 0. The van der Waals surface area contributed by atoms with Crippen LogP contribution in [0.5, 0.6) is 5.75 Å². The fourth-order valence-corrected chi connectivity index (χ4v) is 3.14. The Morgan fingerprint density at radius 3 is 2.28 bits per heavy atom. The van der Waals surface area contributed by atoms with Gasteiger partial charge in [0.25, 0.3) is 5.91 Å². The molecule has 1 aromatic carbocycles. The summed E-state index contributed by atoms with van der Waals surface area (Å²) in [6, 6.07) is 5.77. The van der Waals surface area contributed by atoms with Crippen LogP contribution in [0.4, 0.5) is 0 Å². The van der Waals surface area contributed by atoms with Gasteiger partial charge in [-0.05, 0) is 51.5 Å². The summed E-state index contributed by atoms with van der Waals surface area (Å²) in [6.07, 6.45) is -0.612. The number of ether oxygens (including phenoxy) is 1. The molecule has 0 bridgehead atoms. The third kappa shape index (κ3) is 8.64. The van der Waals surface area contributed by atoms with Gasteiger partial charge in [0.2, 0.25) is 0 Å². The molecule has 0 radical (unpaired) electrons. The van der Waals surface area contributed by atoms with Crippen molar-refractivity contribution in [2.24, 2.45) is 0 Å². The first-order chi connectivity index (χ1) is 15.0. The number of carbonyl (C=O) groups is 4. The van der Waals surface area contributed by atoms with Crippen molar-refractivity contribution >= 4 is 23.8 Å². The molecule has 0 aliphatic carbocycles. The number of hydrogen-bond donors (Lipinski definition) is 4. The van der Waals surface area contributed by atoms with Crippen molar-refractivity contribution in [3.05, 3.63) is 29.8 Å². The monoisotopic (exact) mass is 452 g/mol. The molecule has 0 spiro atoms. The zero-order chi connectivity index (χ0) is 24.3. The van der Waals surface area contributed by atoms with E-state index >= 15 is 0 Å². The van der Waals surface area contributed by atoms with Gasteiger partial charge in [0.05, 0.1) is 18.4 Å². The Bertz CT molecular complexity index is 809. The number of rotatable bonds is 14. The Hall–Kier alpha value is -2.98. The molecule has 178 valence electrons. The van der Waals surface area contributed by atoms with E-state index in [0.29, 0.717) is 0 Å². The summed E-state index contributed by atoms with van der Waals surface area (Å²) in [6.45, 7) is 8.88. The molecule has 0 heterocycles. The normalized spacial score (nSPS) is 13.8. The minimum Gasteiger partial charge on any atom is -0.481 e. The topological polar surface area (TPSA) is 153 Å². The number of nitrogens with one attached hydrogen (secondary N) is 1. The van der Waals surface area contributed by atoms with E-state index in [1.165, 1.54) is 18.2 Å². The summed E-state index contributed by atoms with van der Waals surface area (Å²) in [4.78, 5) is 49.2. The third-order valence-corrected chi connectivity index (χ3v) is 5.02. The standard InChI is InChI=1S/C22H32N2O8/c1-4-24(5-2)12-8-9-15(3)23-20(28)16-10-6-7-11-17(16)32-19(27)14-22(31,21(29)30)13-18(25)26/h6-7,10-11,15,31H,4-5,8-9,12-14H2,1-3H3,(H,23,28)(H,25,26)(H,29,30). The van der Waals surface area contributed by atoms with Crippen LogP contribution in [0.25, 0.3) is 0 Å². The summed E-state index contributed by atoms with van der Waals surface area (Å²) in [5, 5.41) is 30.7. The van der Waals surface area contributed by atoms with Crippen molar-refractivity contribution in [1.82, 2.24) is 10.2 Å². The lowest BCUT2D eigenvalue weighted by Crippen LogP contribution is -2.43. The molecule has 1 amide bonds. The SMILES string of the molecule is CCN(CC)CCCC(C)NC(=O)c1ccccc1OC(=O)CC(O)(CC(=O)O)C(=O)O. The van der Waals surface area contributed by atoms with Gasteiger partial charge in [-0.2, -0.15) is 0 Å². The van der Waals surface area contributed by atoms with Crippen LogP contribution in [-0.4, -0.2) is 75.3 Å². The van der Waals surface area contributed by atoms with E-state index in [4.69, 9.17) is 14.9 Å². The summed E-state index contributed by atoms with van der Waals surface area (Å²) < 4.78 is 5.09. The molecule has 2 unspecified atom stereocenters. The Kier molecular flexibility index (Phi) is 10.8. The fraction of sp³-hybridized carbons (Fsp3) is 0.545. The highest BCUT2D eigenvalue weighted by Crippen LogP contribution is 2.22. The van der Waals surface area contributed by atoms with E-state index in [9.17, 15) is 24.3 Å². The van der Waals surface area contributed by atoms with Gasteiger partial charge in [-0.3, -0.25) is 14.4 Å². The lowest BCUT2D eigenvalue weighted by molar-refractivity contribution is -0.169. The molecule has 0 saturated carbocycles. The smallest absolute Gasteiger partial charge is 0.336 e. The largest absolute Gasteiger partial charge is 0.481 e. The number of benzene rings is 1. The lowest BCUT2D eigenvalue weighted by atomic mass is 9.96. The Morgan fingerprint density at radius 1 is 1.09 bits per heavy atom. The fourth-order valence-electron chi connectivity index (χ4n) is 3.14. The van der Waals surface area contributed by atoms with Gasteiger partial charge in [-0.25, -0.2) is 4.79 Å². The molecule has 1 rings (SSSR count). The number of carboxylic acid groups (broad SMARTS) is 2. The maximum atomic E-state index is 12.7. The van der Waals surface area contributed by atoms with Gasteiger partial charge in [-0.15, -0.1) is 0 Å². The highest BCUT2D eigenvalue weighted by atomic mass is 16.5. The maximum Gasteiger partial charge on any atom is 0.336 e. The van der Waals surface area contributed by atoms with E-state index in [0.717, 1.165) is 32.5 Å². The molecule has 2 atom stereocenters. The van der Waals surface area contributed by atoms with Gasteiger partial charge in [0, 0.05) is 6.04 Å². The molecule has 0 aromatic heterocycles. The number of carbonyl (C=O) groups excluding carboxylic acids is 2. The number of esters is 1. The van der Waals surface area contributed by atoms with Crippen molar-refractivity contribution in [2.75, 3.05) is 19.6 Å². The molecule has 32 heavy (non-hydrogen) atoms. The summed E-state index contributed by atoms with van der Waals surface area (Å²) in [5.74, 6) is -5.21. The van der Waals surface area contributed by atoms with Crippen LogP contribution in [0.3, 0.4) is 0 Å². The van der Waals surface area contributed by atoms with Crippen molar-refractivity contribution in [2.45, 2.75) is 58.1 Å². The average molecular weight is 453 g/mol. The molecule has 0 aliphatic rings. The van der Waals surface area contributed by atoms with E-state index in [2.05, 4.69) is 24.1 Å². The lowest BCUT2D eigenvalue weighted by Gasteiger charge is -2.21. The minimum absolute atomic E-state index is 0.0635. The first kappa shape index (κ1) is 27.1. The van der Waals surface area contributed by atoms with Gasteiger partial charge in [0.1, 0.15) is 5.75 Å². The van der Waals surface area contributed by atoms with Gasteiger partial charge in [0.15, 0.2) is 5.60 Å². The number of para-hydroxylation sites is 1. The highest BCUT2D eigenvalue weighted by Gasteiger charge is 2.41. The van der Waals surface area contributed by atoms with Crippen molar-refractivity contribution in [1.29, 1.82) is 0 Å². The van der Waals surface area contributed by atoms with E-state index < -0.39 is 42.3 Å². The molecule has 10 heteroatoms. The Balaban J connectivity index is 2.78. The second-order valence-electron chi connectivity index (χ2n) is 7.60. The summed E-state index contributed by atoms with van der Waals surface area (Å²) in [5.41, 5.74) is -2.76. The molecule has 10 nitrogen and oxygen atoms in total. The van der Waals surface area contributed by atoms with Crippen molar-refractivity contribution in [3.8, 4) is 5.75 Å². The van der Waals surface area contributed by atoms with Crippen molar-refractivity contribution < 1.29 is 39.2 Å². The van der Waals surface area contributed by atoms with E-state index in [1.807, 2.05) is 6.92 Å². The zero-order valence-electron chi connectivity index (χ0n) is 18.7. The molecular weight excluding hydrogens is 420 g/mol. The Morgan fingerprint density at radius 2 is 1.72 bits per heavy atom. The first-order valence-corrected chi connectivity index (χ1v) is 10.5. The van der Waals surface area contributed by atoms with E-state index in [1.54, 1.807) is 6.07 Å². The maximum absolute atomic E-state index is 12.7. The van der Waals surface area contributed by atoms with Crippen molar-refractivity contribution in [3.63, 3.8) is 0 Å². The number of aliphatic carboxylic acids is 2. The van der Waals surface area contributed by atoms with Gasteiger partial charge < -0.3 is 30.3 Å². The molecule has 0 fully saturated rings. The highest BCUT2D eigenvalue weighted by molar-refractivity contribution is 5.98. The summed E-state index contributed by atoms with van der Waals surface area (Å²) >= 11 is 0. The van der Waals surface area contributed by atoms with Crippen LogP contribution in [-0.2, 0) is 14.4 Å². The number of carboxylic acids is 2. The Labute approximate surface area is 187 Å². The number of aliphatic hydroxyl groups is 1. The number of nitrogens with zero attached hydrogens (tertiary/aromatic N) is 1. The molecule has 4 N–H and O–H groups in total. The van der Waals surface area contributed by atoms with Gasteiger partial charge in [-0.1, -0.05) is 26.0 Å². The number of hydrogen-bond acceptors (Lipinski definition) is 7. The van der Waals surface area contributed by atoms with Crippen LogP contribution in [0.15, 0.2) is 24.3 Å². The average Bonchev–Trinajstić information content (AvgIpc) is 2.70. The van der Waals surface area contributed by atoms with Crippen LogP contribution < -0.4 is 10.1 Å². The first-order valence-electron chi connectivity index (χ1n) is 10.5. The second kappa shape index (κ2) is 12.8. The quantitative estimate of drug-likeness (QED) is 0.243. The van der Waals surface area contributed by atoms with Crippen LogP contribution in [0.1, 0.15) is 56.8 Å². The van der Waals surface area contributed by atoms with Crippen LogP contribution in [0, 0.1) is 0 Å². The predicted molar refractivity (Wildman–Crippen MR) is 115 cm³/mol.